The Bertz CT molecular complexity index is 94.3. The average molecular weight is 145 g/mol. The van der Waals surface area contributed by atoms with Gasteiger partial charge >= 0.3 is 0 Å². The molecule has 0 aromatic heterocycles. The van der Waals surface area contributed by atoms with Crippen LogP contribution in [-0.2, 0) is 0 Å². The maximum absolute atomic E-state index is 11.5. The minimum absolute atomic E-state index is 0.0312. The normalized spacial score (nSPS) is 24.6. The molecule has 0 aliphatic carbocycles. The summed E-state index contributed by atoms with van der Waals surface area (Å²) in [6.07, 6.45) is 3.25. The summed E-state index contributed by atoms with van der Waals surface area (Å²) in [5.41, 5.74) is 0. The fraction of sp³-hybridized carbons (Fsp3) is 1.00. The van der Waals surface area contributed by atoms with Crippen LogP contribution in [0.5, 0.6) is 0 Å². The third-order valence-electron chi connectivity index (χ3n) is 2.14. The summed E-state index contributed by atoms with van der Waals surface area (Å²) in [4.78, 5) is 0. The van der Waals surface area contributed by atoms with E-state index in [4.69, 9.17) is 5.11 Å². The molecule has 0 amide bonds. The monoisotopic (exact) mass is 145 g/mol. The second-order valence-corrected chi connectivity index (χ2v) is 3.01. The lowest BCUT2D eigenvalue weighted by Crippen LogP contribution is -2.47. The molecule has 0 aromatic rings. The summed E-state index contributed by atoms with van der Waals surface area (Å²) in [5.74, 6) is 0. The molecule has 0 saturated carbocycles. The van der Waals surface area contributed by atoms with E-state index in [1.54, 1.807) is 0 Å². The van der Waals surface area contributed by atoms with Crippen LogP contribution in [-0.4, -0.2) is 36.0 Å². The van der Waals surface area contributed by atoms with Crippen molar-refractivity contribution in [3.8, 4) is 0 Å². The van der Waals surface area contributed by atoms with Crippen molar-refractivity contribution in [2.24, 2.45) is 0 Å². The molecule has 3 heteroatoms. The number of piperidine rings is 1. The van der Waals surface area contributed by atoms with Crippen molar-refractivity contribution in [1.29, 1.82) is 0 Å². The predicted molar refractivity (Wildman–Crippen MR) is 39.2 cm³/mol. The van der Waals surface area contributed by atoms with Crippen LogP contribution in [0.1, 0.15) is 19.3 Å². The Labute approximate surface area is 61.4 Å². The van der Waals surface area contributed by atoms with Crippen molar-refractivity contribution >= 4 is 0 Å². The van der Waals surface area contributed by atoms with Crippen LogP contribution in [0.25, 0.3) is 0 Å². The first-order chi connectivity index (χ1) is 4.77. The quantitative estimate of drug-likeness (QED) is 0.453. The molecule has 60 valence electrons. The summed E-state index contributed by atoms with van der Waals surface area (Å²) in [7, 11) is 0. The van der Waals surface area contributed by atoms with E-state index in [0.717, 1.165) is 12.8 Å². The minimum atomic E-state index is -0.156. The zero-order valence-electron chi connectivity index (χ0n) is 6.25. The van der Waals surface area contributed by atoms with Crippen LogP contribution < -0.4 is 0 Å². The SMILES string of the molecule is [O-][N+]1(CCO)CCCCC1. The van der Waals surface area contributed by atoms with Gasteiger partial charge in [-0.1, -0.05) is 0 Å². The second kappa shape index (κ2) is 3.32. The Morgan fingerprint density at radius 1 is 1.20 bits per heavy atom. The molecule has 1 saturated heterocycles. The molecule has 1 heterocycles. The Hall–Kier alpha value is -0.120. The third-order valence-corrected chi connectivity index (χ3v) is 2.14. The molecule has 1 aliphatic heterocycles. The number of aliphatic hydroxyl groups excluding tert-OH is 1. The number of hydrogen-bond donors (Lipinski definition) is 1. The number of nitrogens with zero attached hydrogens (tertiary/aromatic N) is 1. The summed E-state index contributed by atoms with van der Waals surface area (Å²) >= 11 is 0. The van der Waals surface area contributed by atoms with Crippen molar-refractivity contribution in [2.45, 2.75) is 19.3 Å². The van der Waals surface area contributed by atoms with Gasteiger partial charge in [0.25, 0.3) is 0 Å². The number of hydroxylamine groups is 3. The fourth-order valence-corrected chi connectivity index (χ4v) is 1.49. The zero-order chi connectivity index (χ0) is 7.45. The average Bonchev–Trinajstić information content (AvgIpc) is 1.89. The predicted octanol–water partition coefficient (Wildman–Crippen LogP) is 0.477. The van der Waals surface area contributed by atoms with Crippen molar-refractivity contribution < 1.29 is 9.75 Å². The highest BCUT2D eigenvalue weighted by atomic mass is 16.5. The van der Waals surface area contributed by atoms with Gasteiger partial charge in [0, 0.05) is 0 Å². The van der Waals surface area contributed by atoms with Crippen LogP contribution >= 0.6 is 0 Å². The fourth-order valence-electron chi connectivity index (χ4n) is 1.49. The number of rotatable bonds is 2. The minimum Gasteiger partial charge on any atom is -0.633 e. The van der Waals surface area contributed by atoms with Gasteiger partial charge in [-0.05, 0) is 19.3 Å². The highest BCUT2D eigenvalue weighted by molar-refractivity contribution is 4.53. The molecular formula is C7H15NO2. The zero-order valence-corrected chi connectivity index (χ0v) is 6.25. The Morgan fingerprint density at radius 3 is 2.30 bits per heavy atom. The van der Waals surface area contributed by atoms with Gasteiger partial charge < -0.3 is 15.0 Å². The third kappa shape index (κ3) is 1.94. The first-order valence-electron chi connectivity index (χ1n) is 3.95. The van der Waals surface area contributed by atoms with Crippen molar-refractivity contribution in [3.05, 3.63) is 5.21 Å². The van der Waals surface area contributed by atoms with Gasteiger partial charge in [-0.15, -0.1) is 0 Å². The molecule has 0 unspecified atom stereocenters. The van der Waals surface area contributed by atoms with Crippen molar-refractivity contribution in [1.82, 2.24) is 0 Å². The molecular weight excluding hydrogens is 130 g/mol. The van der Waals surface area contributed by atoms with Gasteiger partial charge in [0.1, 0.15) is 6.54 Å². The topological polar surface area (TPSA) is 43.3 Å². The maximum atomic E-state index is 11.5. The van der Waals surface area contributed by atoms with Gasteiger partial charge in [0.15, 0.2) is 0 Å². The van der Waals surface area contributed by atoms with Crippen LogP contribution in [0.15, 0.2) is 0 Å². The van der Waals surface area contributed by atoms with E-state index < -0.39 is 0 Å². The summed E-state index contributed by atoms with van der Waals surface area (Å²) in [6, 6.07) is 0. The van der Waals surface area contributed by atoms with E-state index in [9.17, 15) is 5.21 Å². The summed E-state index contributed by atoms with van der Waals surface area (Å²) < 4.78 is -0.156. The molecule has 0 radical (unpaired) electrons. The van der Waals surface area contributed by atoms with Crippen LogP contribution in [0.4, 0.5) is 0 Å². The molecule has 0 aromatic carbocycles. The summed E-state index contributed by atoms with van der Waals surface area (Å²) in [6.45, 7) is 1.84. The van der Waals surface area contributed by atoms with E-state index in [0.29, 0.717) is 19.6 Å². The van der Waals surface area contributed by atoms with Crippen molar-refractivity contribution in [3.63, 3.8) is 0 Å². The van der Waals surface area contributed by atoms with Crippen LogP contribution in [0, 0.1) is 5.21 Å². The standard InChI is InChI=1S/C7H15NO2/c9-7-6-8(10)4-2-1-3-5-8/h9H,1-7H2. The second-order valence-electron chi connectivity index (χ2n) is 3.01. The summed E-state index contributed by atoms with van der Waals surface area (Å²) in [5, 5.41) is 20.1. The molecule has 0 bridgehead atoms. The Balaban J connectivity index is 2.32. The Kier molecular flexibility index (Phi) is 2.65. The molecule has 1 N–H and O–H groups in total. The van der Waals surface area contributed by atoms with E-state index in [1.807, 2.05) is 0 Å². The molecule has 3 nitrogen and oxygen atoms in total. The number of quaternary nitrogens is 1. The molecule has 0 spiro atoms. The van der Waals surface area contributed by atoms with Gasteiger partial charge in [0.2, 0.25) is 0 Å². The van der Waals surface area contributed by atoms with Crippen molar-refractivity contribution in [2.75, 3.05) is 26.2 Å². The highest BCUT2D eigenvalue weighted by Crippen LogP contribution is 2.15. The van der Waals surface area contributed by atoms with E-state index >= 15 is 0 Å². The molecule has 0 atom stereocenters. The number of aliphatic hydroxyl groups is 1. The van der Waals surface area contributed by atoms with Gasteiger partial charge in [-0.3, -0.25) is 0 Å². The van der Waals surface area contributed by atoms with E-state index in [2.05, 4.69) is 0 Å². The number of hydrogen-bond acceptors (Lipinski definition) is 2. The van der Waals surface area contributed by atoms with Gasteiger partial charge in [-0.2, -0.15) is 0 Å². The van der Waals surface area contributed by atoms with E-state index in [1.165, 1.54) is 6.42 Å². The Morgan fingerprint density at radius 2 is 1.80 bits per heavy atom. The number of likely N-dealkylation sites (tertiary alicyclic amines) is 1. The largest absolute Gasteiger partial charge is 0.633 e. The lowest BCUT2D eigenvalue weighted by Gasteiger charge is -2.45. The maximum Gasteiger partial charge on any atom is 0.102 e. The highest BCUT2D eigenvalue weighted by Gasteiger charge is 2.19. The first-order valence-corrected chi connectivity index (χ1v) is 3.95. The van der Waals surface area contributed by atoms with Crippen LogP contribution in [0.2, 0.25) is 0 Å². The lowest BCUT2D eigenvalue weighted by molar-refractivity contribution is -0.885. The first kappa shape index (κ1) is 7.98. The molecule has 1 fully saturated rings. The van der Waals surface area contributed by atoms with Gasteiger partial charge in [0.05, 0.1) is 19.7 Å². The van der Waals surface area contributed by atoms with E-state index in [-0.39, 0.29) is 11.3 Å². The lowest BCUT2D eigenvalue weighted by atomic mass is 10.1. The molecule has 10 heavy (non-hydrogen) atoms. The van der Waals surface area contributed by atoms with Crippen LogP contribution in [0.3, 0.4) is 0 Å². The molecule has 1 aliphatic rings. The molecule has 1 rings (SSSR count). The smallest absolute Gasteiger partial charge is 0.102 e. The van der Waals surface area contributed by atoms with Gasteiger partial charge in [-0.25, -0.2) is 0 Å².